The molecular weight excluding hydrogens is 374 g/mol. The van der Waals surface area contributed by atoms with Crippen LogP contribution in [0, 0.1) is 10.1 Å². The highest BCUT2D eigenvalue weighted by molar-refractivity contribution is 8.00. The molecule has 28 heavy (non-hydrogen) atoms. The van der Waals surface area contributed by atoms with Crippen molar-refractivity contribution in [2.75, 3.05) is 12.3 Å². The molecule has 1 aromatic carbocycles. The molecule has 1 aromatic rings. The van der Waals surface area contributed by atoms with Crippen LogP contribution in [-0.2, 0) is 4.79 Å². The van der Waals surface area contributed by atoms with E-state index in [1.807, 2.05) is 0 Å². The van der Waals surface area contributed by atoms with Crippen LogP contribution >= 0.6 is 11.8 Å². The molecule has 0 radical (unpaired) electrons. The second-order valence-electron chi connectivity index (χ2n) is 8.94. The predicted octanol–water partition coefficient (Wildman–Crippen LogP) is 4.62. The summed E-state index contributed by atoms with van der Waals surface area (Å²) in [6.07, 6.45) is 3.93. The number of non-ortho nitro benzene ring substituents is 1. The summed E-state index contributed by atoms with van der Waals surface area (Å²) in [6, 6.07) is 6.62. The average Bonchev–Trinajstić information content (AvgIpc) is 2.58. The molecule has 156 valence electrons. The van der Waals surface area contributed by atoms with E-state index in [9.17, 15) is 14.9 Å². The van der Waals surface area contributed by atoms with Gasteiger partial charge in [0.05, 0.1) is 10.7 Å². The van der Waals surface area contributed by atoms with E-state index in [0.29, 0.717) is 5.75 Å². The van der Waals surface area contributed by atoms with Crippen molar-refractivity contribution in [2.45, 2.75) is 82.3 Å². The number of thioether (sulfide) groups is 1. The number of amides is 1. The highest BCUT2D eigenvalue weighted by Gasteiger charge is 2.40. The first-order valence-electron chi connectivity index (χ1n) is 9.99. The van der Waals surface area contributed by atoms with Crippen LogP contribution in [0.25, 0.3) is 0 Å². The van der Waals surface area contributed by atoms with E-state index < -0.39 is 4.92 Å². The number of hydrogen-bond donors (Lipinski definition) is 1. The van der Waals surface area contributed by atoms with Crippen molar-refractivity contribution in [2.24, 2.45) is 0 Å². The number of unbranched alkanes of at least 4 members (excludes halogenated alkanes) is 1. The molecule has 1 aliphatic heterocycles. The Balaban J connectivity index is 2.06. The molecule has 2 rings (SSSR count). The number of nitro benzene ring substituents is 1. The summed E-state index contributed by atoms with van der Waals surface area (Å²) >= 11 is 1.45. The normalized spacial score (nSPS) is 18.6. The molecule has 0 spiro atoms. The van der Waals surface area contributed by atoms with Gasteiger partial charge in [0, 0.05) is 40.7 Å². The highest BCUT2D eigenvalue weighted by atomic mass is 32.2. The molecule has 0 aliphatic carbocycles. The lowest BCUT2D eigenvalue weighted by atomic mass is 9.79. The van der Waals surface area contributed by atoms with Crippen molar-refractivity contribution < 1.29 is 9.72 Å². The molecule has 0 unspecified atom stereocenters. The number of carbonyl (C=O) groups is 1. The monoisotopic (exact) mass is 407 g/mol. The maximum absolute atomic E-state index is 13.1. The summed E-state index contributed by atoms with van der Waals surface area (Å²) in [4.78, 5) is 26.4. The molecule has 0 atom stereocenters. The Morgan fingerprint density at radius 2 is 1.79 bits per heavy atom. The van der Waals surface area contributed by atoms with Gasteiger partial charge in [-0.15, -0.1) is 11.8 Å². The smallest absolute Gasteiger partial charge is 0.269 e. The van der Waals surface area contributed by atoms with Gasteiger partial charge in [0.1, 0.15) is 0 Å². The molecule has 0 aromatic heterocycles. The van der Waals surface area contributed by atoms with Gasteiger partial charge in [0.25, 0.3) is 5.69 Å². The lowest BCUT2D eigenvalue weighted by Gasteiger charge is -2.49. The van der Waals surface area contributed by atoms with Gasteiger partial charge in [-0.05, 0) is 59.1 Å². The van der Waals surface area contributed by atoms with Crippen molar-refractivity contribution in [1.82, 2.24) is 10.2 Å². The van der Waals surface area contributed by atoms with Crippen molar-refractivity contribution in [3.8, 4) is 0 Å². The number of hydrogen-bond acceptors (Lipinski definition) is 5. The van der Waals surface area contributed by atoms with Crippen LogP contribution in [0.5, 0.6) is 0 Å². The van der Waals surface area contributed by atoms with Gasteiger partial charge in [-0.2, -0.15) is 0 Å². The lowest BCUT2D eigenvalue weighted by molar-refractivity contribution is -0.384. The molecule has 1 N–H and O–H groups in total. The fourth-order valence-corrected chi connectivity index (χ4v) is 5.00. The fraction of sp³-hybridized carbons (Fsp3) is 0.667. The van der Waals surface area contributed by atoms with Crippen molar-refractivity contribution in [3.63, 3.8) is 0 Å². The van der Waals surface area contributed by atoms with Crippen LogP contribution in [0.3, 0.4) is 0 Å². The Kier molecular flexibility index (Phi) is 7.51. The van der Waals surface area contributed by atoms with E-state index in [1.54, 1.807) is 12.1 Å². The van der Waals surface area contributed by atoms with E-state index in [0.717, 1.165) is 37.1 Å². The van der Waals surface area contributed by atoms with Crippen LogP contribution in [0.1, 0.15) is 60.3 Å². The maximum atomic E-state index is 13.1. The number of piperidine rings is 1. The van der Waals surface area contributed by atoms with E-state index in [-0.39, 0.29) is 28.7 Å². The minimum atomic E-state index is -0.410. The average molecular weight is 408 g/mol. The molecule has 1 fully saturated rings. The van der Waals surface area contributed by atoms with E-state index in [1.165, 1.54) is 23.9 Å². The van der Waals surface area contributed by atoms with Crippen molar-refractivity contribution in [3.05, 3.63) is 34.4 Å². The molecule has 1 saturated heterocycles. The second-order valence-corrected chi connectivity index (χ2v) is 9.98. The zero-order chi connectivity index (χ0) is 20.9. The Morgan fingerprint density at radius 1 is 1.21 bits per heavy atom. The highest BCUT2D eigenvalue weighted by Crippen LogP contribution is 2.32. The summed E-state index contributed by atoms with van der Waals surface area (Å²) in [5.74, 6) is 0.502. The molecule has 0 bridgehead atoms. The van der Waals surface area contributed by atoms with Crippen molar-refractivity contribution >= 4 is 23.4 Å². The summed E-state index contributed by atoms with van der Waals surface area (Å²) in [7, 11) is 0. The Morgan fingerprint density at radius 3 is 2.29 bits per heavy atom. The zero-order valence-corrected chi connectivity index (χ0v) is 18.5. The summed E-state index contributed by atoms with van der Waals surface area (Å²) < 4.78 is 0. The van der Waals surface area contributed by atoms with Gasteiger partial charge < -0.3 is 10.2 Å². The number of nitrogens with zero attached hydrogens (tertiary/aromatic N) is 2. The van der Waals surface area contributed by atoms with Crippen molar-refractivity contribution in [1.29, 1.82) is 0 Å². The SMILES string of the molecule is CCCCN(C(=O)CSc1ccc([N+](=O)[O-])cc1)C1CC(C)(C)NC(C)(C)C1. The number of nitrogens with one attached hydrogen (secondary N) is 1. The van der Waals surface area contributed by atoms with Crippen LogP contribution in [-0.4, -0.2) is 45.1 Å². The van der Waals surface area contributed by atoms with E-state index >= 15 is 0 Å². The molecular formula is C21H33N3O3S. The summed E-state index contributed by atoms with van der Waals surface area (Å²) in [6.45, 7) is 11.7. The first-order chi connectivity index (χ1) is 13.0. The third-order valence-corrected chi connectivity index (χ3v) is 6.09. The van der Waals surface area contributed by atoms with Gasteiger partial charge in [-0.1, -0.05) is 13.3 Å². The molecule has 1 heterocycles. The van der Waals surface area contributed by atoms with Gasteiger partial charge in [-0.3, -0.25) is 14.9 Å². The van der Waals surface area contributed by atoms with Gasteiger partial charge in [-0.25, -0.2) is 0 Å². The minimum Gasteiger partial charge on any atom is -0.339 e. The van der Waals surface area contributed by atoms with Crippen LogP contribution in [0.15, 0.2) is 29.2 Å². The topological polar surface area (TPSA) is 75.5 Å². The van der Waals surface area contributed by atoms with Gasteiger partial charge in [0.2, 0.25) is 5.91 Å². The van der Waals surface area contributed by atoms with Gasteiger partial charge >= 0.3 is 0 Å². The van der Waals surface area contributed by atoms with E-state index in [4.69, 9.17) is 0 Å². The largest absolute Gasteiger partial charge is 0.339 e. The first-order valence-corrected chi connectivity index (χ1v) is 11.0. The standard InChI is InChI=1S/C21H33N3O3S/c1-6-7-12-23(17-13-20(2,3)22-21(4,5)14-17)19(25)15-28-18-10-8-16(9-11-18)24(26)27/h8-11,17,22H,6-7,12-15H2,1-5H3. The third-order valence-electron chi connectivity index (χ3n) is 5.09. The van der Waals surface area contributed by atoms with E-state index in [2.05, 4.69) is 44.8 Å². The molecule has 1 aliphatic rings. The number of carbonyl (C=O) groups excluding carboxylic acids is 1. The maximum Gasteiger partial charge on any atom is 0.269 e. The third kappa shape index (κ3) is 6.48. The molecule has 6 nitrogen and oxygen atoms in total. The van der Waals surface area contributed by atoms with Gasteiger partial charge in [0.15, 0.2) is 0 Å². The first kappa shape index (κ1) is 22.7. The van der Waals surface area contributed by atoms with Crippen LogP contribution in [0.4, 0.5) is 5.69 Å². The number of rotatable bonds is 8. The van der Waals surface area contributed by atoms with Crippen LogP contribution in [0.2, 0.25) is 0 Å². The molecule has 7 heteroatoms. The number of benzene rings is 1. The predicted molar refractivity (Wildman–Crippen MR) is 115 cm³/mol. The fourth-order valence-electron chi connectivity index (χ4n) is 4.22. The summed E-state index contributed by atoms with van der Waals surface area (Å²) in [5.41, 5.74) is 0.0464. The lowest BCUT2D eigenvalue weighted by Crippen LogP contribution is -2.63. The van der Waals surface area contributed by atoms with Crippen LogP contribution < -0.4 is 5.32 Å². The second kappa shape index (κ2) is 9.27. The Hall–Kier alpha value is -1.60. The number of nitro groups is 1. The molecule has 0 saturated carbocycles. The quantitative estimate of drug-likeness (QED) is 0.386. The zero-order valence-electron chi connectivity index (χ0n) is 17.7. The summed E-state index contributed by atoms with van der Waals surface area (Å²) in [5, 5.41) is 14.5. The Labute approximate surface area is 172 Å². The molecule has 1 amide bonds. The Bertz CT molecular complexity index is 673. The minimum absolute atomic E-state index is 0.0112.